The summed E-state index contributed by atoms with van der Waals surface area (Å²) in [7, 11) is 1.34. The van der Waals surface area contributed by atoms with Crippen molar-refractivity contribution in [2.75, 3.05) is 30.4 Å². The van der Waals surface area contributed by atoms with Crippen molar-refractivity contribution in [3.05, 3.63) is 48.5 Å². The number of alkyl halides is 3. The van der Waals surface area contributed by atoms with Gasteiger partial charge in [-0.2, -0.15) is 18.3 Å². The van der Waals surface area contributed by atoms with Gasteiger partial charge in [0.15, 0.2) is 11.6 Å². The summed E-state index contributed by atoms with van der Waals surface area (Å²) in [6.07, 6.45) is -0.293. The van der Waals surface area contributed by atoms with Crippen molar-refractivity contribution >= 4 is 17.4 Å². The highest BCUT2D eigenvalue weighted by molar-refractivity contribution is 5.94. The van der Waals surface area contributed by atoms with E-state index in [1.807, 2.05) is 4.90 Å². The van der Waals surface area contributed by atoms with Crippen LogP contribution in [0, 0.1) is 5.92 Å². The second kappa shape index (κ2) is 8.81. The predicted octanol–water partition coefficient (Wildman–Crippen LogP) is 2.94. The van der Waals surface area contributed by atoms with Gasteiger partial charge >= 0.3 is 6.18 Å². The fourth-order valence-electron chi connectivity index (χ4n) is 3.55. The zero-order valence-electron chi connectivity index (χ0n) is 17.1. The number of anilines is 2. The number of ether oxygens (including phenoxy) is 1. The first-order valence-corrected chi connectivity index (χ1v) is 9.85. The molecule has 0 unspecified atom stereocenters. The van der Waals surface area contributed by atoms with E-state index < -0.39 is 17.7 Å². The number of methoxy groups -OCH3 is 1. The van der Waals surface area contributed by atoms with Crippen molar-refractivity contribution in [2.45, 2.75) is 19.0 Å². The molecule has 2 aromatic heterocycles. The minimum absolute atomic E-state index is 0.0126. The number of hydrogen-bond acceptors (Lipinski definition) is 7. The fourth-order valence-corrected chi connectivity index (χ4v) is 3.55. The lowest BCUT2D eigenvalue weighted by Gasteiger charge is -2.32. The average Bonchev–Trinajstić information content (AvgIpc) is 3.34. The normalized spacial score (nSPS) is 16.6. The second-order valence-electron chi connectivity index (χ2n) is 7.28. The van der Waals surface area contributed by atoms with Gasteiger partial charge in [-0.25, -0.2) is 9.67 Å². The summed E-state index contributed by atoms with van der Waals surface area (Å²) in [5.74, 6) is 0.463. The predicted molar refractivity (Wildman–Crippen MR) is 109 cm³/mol. The van der Waals surface area contributed by atoms with Gasteiger partial charge in [-0.1, -0.05) is 0 Å². The van der Waals surface area contributed by atoms with E-state index in [9.17, 15) is 18.0 Å². The molecule has 1 N–H and O–H groups in total. The first-order chi connectivity index (χ1) is 15.3. The molecule has 4 rings (SSSR count). The Kier molecular flexibility index (Phi) is 5.93. The SMILES string of the molecule is COc1ccc(C(F)(F)F)cc1NC(=O)[C@@H]1CCCN(c2ccc(-n3cncn3)nn2)C1. The van der Waals surface area contributed by atoms with Gasteiger partial charge in [-0.3, -0.25) is 4.79 Å². The minimum Gasteiger partial charge on any atom is -0.495 e. The maximum Gasteiger partial charge on any atom is 0.416 e. The van der Waals surface area contributed by atoms with Crippen LogP contribution in [-0.4, -0.2) is 51.1 Å². The largest absolute Gasteiger partial charge is 0.495 e. The molecule has 0 spiro atoms. The molecule has 3 heterocycles. The van der Waals surface area contributed by atoms with Crippen LogP contribution in [0.2, 0.25) is 0 Å². The Morgan fingerprint density at radius 2 is 1.97 bits per heavy atom. The third-order valence-electron chi connectivity index (χ3n) is 5.19. The summed E-state index contributed by atoms with van der Waals surface area (Å²) in [5, 5.41) is 14.9. The van der Waals surface area contributed by atoms with Crippen molar-refractivity contribution in [1.82, 2.24) is 25.0 Å². The third kappa shape index (κ3) is 4.63. The molecule has 12 heteroatoms. The topological polar surface area (TPSA) is 98.1 Å². The molecule has 0 aliphatic carbocycles. The lowest BCUT2D eigenvalue weighted by atomic mass is 9.97. The van der Waals surface area contributed by atoms with Crippen LogP contribution >= 0.6 is 0 Å². The first kappa shape index (κ1) is 21.5. The van der Waals surface area contributed by atoms with Crippen LogP contribution in [0.15, 0.2) is 43.0 Å². The molecule has 0 saturated carbocycles. The number of rotatable bonds is 5. The Bertz CT molecular complexity index is 1070. The lowest BCUT2D eigenvalue weighted by Crippen LogP contribution is -2.41. The van der Waals surface area contributed by atoms with Crippen LogP contribution in [0.25, 0.3) is 5.82 Å². The number of benzene rings is 1. The fraction of sp³-hybridized carbons (Fsp3) is 0.350. The van der Waals surface area contributed by atoms with E-state index >= 15 is 0 Å². The molecule has 1 atom stereocenters. The Hall–Kier alpha value is -3.70. The zero-order valence-corrected chi connectivity index (χ0v) is 17.1. The molecule has 1 amide bonds. The number of amides is 1. The second-order valence-corrected chi connectivity index (χ2v) is 7.28. The quantitative estimate of drug-likeness (QED) is 0.642. The number of nitrogens with one attached hydrogen (secondary N) is 1. The summed E-state index contributed by atoms with van der Waals surface area (Å²) in [6, 6.07) is 6.51. The molecule has 1 aliphatic heterocycles. The van der Waals surface area contributed by atoms with Crippen molar-refractivity contribution in [1.29, 1.82) is 0 Å². The maximum atomic E-state index is 13.1. The first-order valence-electron chi connectivity index (χ1n) is 9.85. The van der Waals surface area contributed by atoms with E-state index in [0.717, 1.165) is 18.6 Å². The van der Waals surface area contributed by atoms with Gasteiger partial charge in [0.05, 0.1) is 24.3 Å². The number of piperidine rings is 1. The van der Waals surface area contributed by atoms with Gasteiger partial charge in [0.25, 0.3) is 0 Å². The summed E-state index contributed by atoms with van der Waals surface area (Å²) >= 11 is 0. The summed E-state index contributed by atoms with van der Waals surface area (Å²) in [6.45, 7) is 1.05. The zero-order chi connectivity index (χ0) is 22.7. The molecule has 1 saturated heterocycles. The van der Waals surface area contributed by atoms with E-state index in [-0.39, 0.29) is 17.3 Å². The van der Waals surface area contributed by atoms with Gasteiger partial charge in [0.1, 0.15) is 18.4 Å². The highest BCUT2D eigenvalue weighted by Gasteiger charge is 2.32. The van der Waals surface area contributed by atoms with Crippen molar-refractivity contribution in [3.8, 4) is 11.6 Å². The molecular weight excluding hydrogens is 427 g/mol. The maximum absolute atomic E-state index is 13.1. The van der Waals surface area contributed by atoms with Gasteiger partial charge < -0.3 is 15.0 Å². The summed E-state index contributed by atoms with van der Waals surface area (Å²) in [4.78, 5) is 18.6. The average molecular weight is 447 g/mol. The van der Waals surface area contributed by atoms with Crippen LogP contribution in [-0.2, 0) is 11.0 Å². The monoisotopic (exact) mass is 447 g/mol. The summed E-state index contributed by atoms with van der Waals surface area (Å²) < 4.78 is 45.8. The molecule has 0 radical (unpaired) electrons. The van der Waals surface area contributed by atoms with Crippen molar-refractivity contribution in [3.63, 3.8) is 0 Å². The Morgan fingerprint density at radius 1 is 1.19 bits per heavy atom. The number of halogens is 3. The lowest BCUT2D eigenvalue weighted by molar-refractivity contribution is -0.137. The number of carbonyl (C=O) groups excluding carboxylic acids is 1. The van der Waals surface area contributed by atoms with E-state index in [0.29, 0.717) is 31.1 Å². The number of hydrogen-bond donors (Lipinski definition) is 1. The van der Waals surface area contributed by atoms with E-state index in [1.165, 1.54) is 30.5 Å². The van der Waals surface area contributed by atoms with Gasteiger partial charge in [0, 0.05) is 13.1 Å². The standard InChI is InChI=1S/C20H20F3N7O2/c1-32-16-5-4-14(20(21,22)23)9-15(16)26-19(31)13-3-2-8-29(10-13)17-6-7-18(28-27-17)30-12-24-11-25-30/h4-7,9,11-13H,2-3,8,10H2,1H3,(H,26,31)/t13-/m1/s1. The molecule has 9 nitrogen and oxygen atoms in total. The highest BCUT2D eigenvalue weighted by atomic mass is 19.4. The van der Waals surface area contributed by atoms with Crippen molar-refractivity contribution < 1.29 is 22.7 Å². The molecule has 32 heavy (non-hydrogen) atoms. The van der Waals surface area contributed by atoms with E-state index in [4.69, 9.17) is 4.74 Å². The summed E-state index contributed by atoms with van der Waals surface area (Å²) in [5.41, 5.74) is -0.872. The molecule has 1 fully saturated rings. The Balaban J connectivity index is 1.46. The van der Waals surface area contributed by atoms with E-state index in [1.54, 1.807) is 12.1 Å². The van der Waals surface area contributed by atoms with Crippen LogP contribution in [0.3, 0.4) is 0 Å². The molecule has 3 aromatic rings. The Labute approximate surface area is 181 Å². The van der Waals surface area contributed by atoms with Gasteiger partial charge in [-0.05, 0) is 43.2 Å². The number of nitrogens with zero attached hydrogens (tertiary/aromatic N) is 6. The minimum atomic E-state index is -4.52. The Morgan fingerprint density at radius 3 is 2.62 bits per heavy atom. The van der Waals surface area contributed by atoms with Crippen LogP contribution < -0.4 is 15.0 Å². The van der Waals surface area contributed by atoms with Crippen molar-refractivity contribution in [2.24, 2.45) is 5.92 Å². The number of carbonyl (C=O) groups is 1. The van der Waals surface area contributed by atoms with E-state index in [2.05, 4.69) is 25.6 Å². The van der Waals surface area contributed by atoms with Crippen LogP contribution in [0.4, 0.5) is 24.7 Å². The highest BCUT2D eigenvalue weighted by Crippen LogP contribution is 2.35. The molecule has 168 valence electrons. The van der Waals surface area contributed by atoms with Gasteiger partial charge in [0.2, 0.25) is 5.91 Å². The smallest absolute Gasteiger partial charge is 0.416 e. The molecular formula is C20H20F3N7O2. The third-order valence-corrected chi connectivity index (χ3v) is 5.19. The molecule has 1 aromatic carbocycles. The number of aromatic nitrogens is 5. The van der Waals surface area contributed by atoms with Crippen LogP contribution in [0.1, 0.15) is 18.4 Å². The van der Waals surface area contributed by atoms with Crippen LogP contribution in [0.5, 0.6) is 5.75 Å². The molecule has 0 bridgehead atoms. The molecule has 1 aliphatic rings. The van der Waals surface area contributed by atoms with Gasteiger partial charge in [-0.15, -0.1) is 10.2 Å².